The van der Waals surface area contributed by atoms with Crippen LogP contribution in [-0.2, 0) is 0 Å². The van der Waals surface area contributed by atoms with E-state index in [0.717, 1.165) is 43.8 Å². The van der Waals surface area contributed by atoms with Crippen molar-refractivity contribution in [2.75, 3.05) is 0 Å². The molecule has 0 radical (unpaired) electrons. The highest BCUT2D eigenvalue weighted by Crippen LogP contribution is 2.49. The SMILES string of the molecule is OC1c2ccc3ccccc3c2-c2c(ccc3ccccc23)C1O. The lowest BCUT2D eigenvalue weighted by Crippen LogP contribution is -2.17. The smallest absolute Gasteiger partial charge is 0.110 e. The molecular formula is C22H16O2. The quantitative estimate of drug-likeness (QED) is 0.492. The van der Waals surface area contributed by atoms with Gasteiger partial charge in [-0.1, -0.05) is 72.8 Å². The second kappa shape index (κ2) is 4.91. The lowest BCUT2D eigenvalue weighted by Gasteiger charge is -2.31. The predicted molar refractivity (Wildman–Crippen MR) is 96.8 cm³/mol. The third kappa shape index (κ3) is 1.72. The summed E-state index contributed by atoms with van der Waals surface area (Å²) < 4.78 is 0. The number of hydrogen-bond acceptors (Lipinski definition) is 2. The summed E-state index contributed by atoms with van der Waals surface area (Å²) in [6.07, 6.45) is -1.81. The Morgan fingerprint density at radius 3 is 1.38 bits per heavy atom. The first-order chi connectivity index (χ1) is 11.8. The van der Waals surface area contributed by atoms with Gasteiger partial charge in [0.15, 0.2) is 0 Å². The number of rotatable bonds is 0. The number of aliphatic hydroxyl groups excluding tert-OH is 2. The van der Waals surface area contributed by atoms with Gasteiger partial charge in [0.1, 0.15) is 12.2 Å². The Morgan fingerprint density at radius 2 is 0.917 bits per heavy atom. The van der Waals surface area contributed by atoms with Crippen molar-refractivity contribution in [3.05, 3.63) is 83.9 Å². The summed E-state index contributed by atoms with van der Waals surface area (Å²) in [5, 5.41) is 25.8. The monoisotopic (exact) mass is 312 g/mol. The van der Waals surface area contributed by atoms with Gasteiger partial charge in [-0.15, -0.1) is 0 Å². The Labute approximate surface area is 139 Å². The molecule has 0 aliphatic heterocycles. The summed E-state index contributed by atoms with van der Waals surface area (Å²) in [6, 6.07) is 24.3. The summed E-state index contributed by atoms with van der Waals surface area (Å²) in [5.41, 5.74) is 3.67. The molecule has 2 N–H and O–H groups in total. The van der Waals surface area contributed by atoms with E-state index in [1.54, 1.807) is 0 Å². The summed E-state index contributed by atoms with van der Waals surface area (Å²) in [6.45, 7) is 0. The molecule has 0 heterocycles. The third-order valence-electron chi connectivity index (χ3n) is 5.11. The van der Waals surface area contributed by atoms with Gasteiger partial charge < -0.3 is 10.2 Å². The van der Waals surface area contributed by atoms with E-state index < -0.39 is 12.2 Å². The molecule has 4 aromatic rings. The molecule has 1 aliphatic rings. The summed E-state index contributed by atoms with van der Waals surface area (Å²) in [4.78, 5) is 0. The number of fused-ring (bicyclic) bond motifs is 7. The Morgan fingerprint density at radius 1 is 0.500 bits per heavy atom. The molecule has 2 heteroatoms. The van der Waals surface area contributed by atoms with Crippen molar-refractivity contribution in [2.24, 2.45) is 0 Å². The van der Waals surface area contributed by atoms with Gasteiger partial charge in [0.25, 0.3) is 0 Å². The van der Waals surface area contributed by atoms with E-state index in [-0.39, 0.29) is 0 Å². The number of aliphatic hydroxyl groups is 2. The molecule has 5 rings (SSSR count). The molecular weight excluding hydrogens is 296 g/mol. The van der Waals surface area contributed by atoms with Crippen molar-refractivity contribution >= 4 is 21.5 Å². The van der Waals surface area contributed by atoms with Gasteiger partial charge in [-0.2, -0.15) is 0 Å². The number of benzene rings is 4. The zero-order valence-corrected chi connectivity index (χ0v) is 13.0. The first-order valence-corrected chi connectivity index (χ1v) is 8.15. The largest absolute Gasteiger partial charge is 0.385 e. The highest BCUT2D eigenvalue weighted by molar-refractivity contribution is 6.08. The number of hydrogen-bond donors (Lipinski definition) is 2. The van der Waals surface area contributed by atoms with Crippen LogP contribution in [0, 0.1) is 0 Å². The fraction of sp³-hybridized carbons (Fsp3) is 0.0909. The van der Waals surface area contributed by atoms with E-state index in [9.17, 15) is 10.2 Å². The topological polar surface area (TPSA) is 40.5 Å². The van der Waals surface area contributed by atoms with Gasteiger partial charge in [0.2, 0.25) is 0 Å². The van der Waals surface area contributed by atoms with E-state index in [2.05, 4.69) is 24.3 Å². The fourth-order valence-corrected chi connectivity index (χ4v) is 3.97. The molecule has 0 fully saturated rings. The molecule has 0 bridgehead atoms. The Balaban J connectivity index is 2.02. The predicted octanol–water partition coefficient (Wildman–Crippen LogP) is 4.74. The molecule has 2 unspecified atom stereocenters. The normalized spacial score (nSPS) is 19.2. The van der Waals surface area contributed by atoms with Crippen LogP contribution in [0.4, 0.5) is 0 Å². The Hall–Kier alpha value is -2.68. The van der Waals surface area contributed by atoms with E-state index in [1.165, 1.54) is 0 Å². The van der Waals surface area contributed by atoms with Crippen molar-refractivity contribution < 1.29 is 10.2 Å². The molecule has 0 saturated heterocycles. The minimum atomic E-state index is -0.904. The lowest BCUT2D eigenvalue weighted by molar-refractivity contribution is 0.0160. The van der Waals surface area contributed by atoms with E-state index in [1.807, 2.05) is 48.5 Å². The first kappa shape index (κ1) is 13.7. The molecule has 2 atom stereocenters. The lowest BCUT2D eigenvalue weighted by atomic mass is 9.78. The zero-order chi connectivity index (χ0) is 16.3. The highest BCUT2D eigenvalue weighted by Gasteiger charge is 2.33. The molecule has 4 aromatic carbocycles. The van der Waals surface area contributed by atoms with Crippen molar-refractivity contribution in [1.29, 1.82) is 0 Å². The van der Waals surface area contributed by atoms with Crippen molar-refractivity contribution in [2.45, 2.75) is 12.2 Å². The van der Waals surface area contributed by atoms with Gasteiger partial charge in [-0.05, 0) is 43.8 Å². The van der Waals surface area contributed by atoms with Crippen LogP contribution in [0.25, 0.3) is 32.7 Å². The Bertz CT molecular complexity index is 1010. The molecule has 0 saturated carbocycles. The molecule has 1 aliphatic carbocycles. The summed E-state index contributed by atoms with van der Waals surface area (Å²) >= 11 is 0. The second-order valence-corrected chi connectivity index (χ2v) is 6.39. The highest BCUT2D eigenvalue weighted by atomic mass is 16.3. The van der Waals surface area contributed by atoms with Crippen molar-refractivity contribution in [3.8, 4) is 11.1 Å². The molecule has 2 nitrogen and oxygen atoms in total. The zero-order valence-electron chi connectivity index (χ0n) is 13.0. The maximum atomic E-state index is 10.7. The van der Waals surface area contributed by atoms with Gasteiger partial charge in [-0.3, -0.25) is 0 Å². The van der Waals surface area contributed by atoms with Crippen LogP contribution in [0.5, 0.6) is 0 Å². The van der Waals surface area contributed by atoms with Gasteiger partial charge in [0.05, 0.1) is 0 Å². The third-order valence-corrected chi connectivity index (χ3v) is 5.11. The maximum Gasteiger partial charge on any atom is 0.110 e. The second-order valence-electron chi connectivity index (χ2n) is 6.39. The molecule has 24 heavy (non-hydrogen) atoms. The standard InChI is InChI=1S/C22H16O2/c23-21-17-11-9-13-5-1-3-7-15(13)19(17)20-16-8-4-2-6-14(16)10-12-18(20)22(21)24/h1-12,21-24H. The van der Waals surface area contributed by atoms with Gasteiger partial charge >= 0.3 is 0 Å². The van der Waals surface area contributed by atoms with Crippen LogP contribution in [0.2, 0.25) is 0 Å². The molecule has 116 valence electrons. The average molecular weight is 312 g/mol. The van der Waals surface area contributed by atoms with E-state index in [4.69, 9.17) is 0 Å². The van der Waals surface area contributed by atoms with Crippen molar-refractivity contribution in [1.82, 2.24) is 0 Å². The summed E-state index contributed by atoms with van der Waals surface area (Å²) in [5.74, 6) is 0. The van der Waals surface area contributed by atoms with Crippen LogP contribution in [0.3, 0.4) is 0 Å². The van der Waals surface area contributed by atoms with Crippen LogP contribution >= 0.6 is 0 Å². The van der Waals surface area contributed by atoms with Crippen LogP contribution in [0.15, 0.2) is 72.8 Å². The first-order valence-electron chi connectivity index (χ1n) is 8.15. The van der Waals surface area contributed by atoms with Gasteiger partial charge in [0, 0.05) is 0 Å². The van der Waals surface area contributed by atoms with Crippen molar-refractivity contribution in [3.63, 3.8) is 0 Å². The van der Waals surface area contributed by atoms with E-state index in [0.29, 0.717) is 0 Å². The van der Waals surface area contributed by atoms with Crippen LogP contribution in [0.1, 0.15) is 23.3 Å². The Kier molecular flexibility index (Phi) is 2.81. The molecule has 0 aromatic heterocycles. The minimum absolute atomic E-state index is 0.796. The fourth-order valence-electron chi connectivity index (χ4n) is 3.97. The molecule has 0 spiro atoms. The minimum Gasteiger partial charge on any atom is -0.385 e. The van der Waals surface area contributed by atoms with E-state index >= 15 is 0 Å². The maximum absolute atomic E-state index is 10.7. The van der Waals surface area contributed by atoms with Crippen LogP contribution in [-0.4, -0.2) is 10.2 Å². The summed E-state index contributed by atoms with van der Waals surface area (Å²) in [7, 11) is 0. The van der Waals surface area contributed by atoms with Gasteiger partial charge in [-0.25, -0.2) is 0 Å². The molecule has 0 amide bonds. The average Bonchev–Trinajstić information content (AvgIpc) is 2.64. The van der Waals surface area contributed by atoms with Crippen LogP contribution < -0.4 is 0 Å².